The van der Waals surface area contributed by atoms with E-state index < -0.39 is 6.09 Å². The second-order valence-electron chi connectivity index (χ2n) is 4.06. The van der Waals surface area contributed by atoms with Crippen molar-refractivity contribution >= 4 is 22.0 Å². The van der Waals surface area contributed by atoms with Gasteiger partial charge in [0.25, 0.3) is 0 Å². The first kappa shape index (κ1) is 14.5. The molecule has 20 heavy (non-hydrogen) atoms. The lowest BCUT2D eigenvalue weighted by atomic mass is 10.2. The summed E-state index contributed by atoms with van der Waals surface area (Å²) in [5, 5.41) is 10.5. The molecule has 0 bridgehead atoms. The molecule has 106 valence electrons. The summed E-state index contributed by atoms with van der Waals surface area (Å²) in [4.78, 5) is 11.6. The molecular weight excluding hydrogens is 324 g/mol. The second-order valence-corrected chi connectivity index (χ2v) is 4.81. The number of amides is 1. The van der Waals surface area contributed by atoms with Crippen molar-refractivity contribution in [3.63, 3.8) is 0 Å². The first-order valence-electron chi connectivity index (χ1n) is 6.23. The molecule has 1 aromatic heterocycles. The smallest absolute Gasteiger partial charge is 0.407 e. The van der Waals surface area contributed by atoms with Crippen molar-refractivity contribution in [1.29, 1.82) is 0 Å². The minimum absolute atomic E-state index is 0.249. The van der Waals surface area contributed by atoms with E-state index in [1.54, 1.807) is 4.68 Å². The number of carbonyl (C=O) groups excluding carboxylic acids is 1. The summed E-state index contributed by atoms with van der Waals surface area (Å²) in [6, 6.07) is 9.53. The Hall–Kier alpha value is -1.89. The zero-order valence-corrected chi connectivity index (χ0v) is 12.6. The summed E-state index contributed by atoms with van der Waals surface area (Å²) in [5.74, 6) is 0. The Morgan fingerprint density at radius 1 is 1.40 bits per heavy atom. The van der Waals surface area contributed by atoms with Crippen LogP contribution in [0.1, 0.15) is 18.2 Å². The summed E-state index contributed by atoms with van der Waals surface area (Å²) in [5.41, 5.74) is 1.76. The number of aromatic nitrogens is 3. The van der Waals surface area contributed by atoms with Crippen molar-refractivity contribution in [2.24, 2.45) is 0 Å². The van der Waals surface area contributed by atoms with E-state index in [9.17, 15) is 4.79 Å². The van der Waals surface area contributed by atoms with Gasteiger partial charge in [0.1, 0.15) is 6.61 Å². The molecule has 7 heteroatoms. The van der Waals surface area contributed by atoms with Crippen molar-refractivity contribution in [1.82, 2.24) is 20.3 Å². The Morgan fingerprint density at radius 2 is 2.15 bits per heavy atom. The number of ether oxygens (including phenoxy) is 1. The Labute approximate surface area is 125 Å². The molecule has 2 rings (SSSR count). The van der Waals surface area contributed by atoms with Gasteiger partial charge in [0.05, 0.1) is 12.2 Å². The fourth-order valence-corrected chi connectivity index (χ4v) is 2.08. The number of carbonyl (C=O) groups is 1. The van der Waals surface area contributed by atoms with Crippen LogP contribution in [-0.2, 0) is 24.4 Å². The van der Waals surface area contributed by atoms with E-state index in [2.05, 4.69) is 31.6 Å². The van der Waals surface area contributed by atoms with Crippen molar-refractivity contribution in [2.45, 2.75) is 26.6 Å². The van der Waals surface area contributed by atoms with E-state index in [1.165, 1.54) is 0 Å². The van der Waals surface area contributed by atoms with Crippen LogP contribution < -0.4 is 5.32 Å². The Kier molecular flexibility index (Phi) is 5.11. The molecule has 0 radical (unpaired) electrons. The fraction of sp³-hybridized carbons (Fsp3) is 0.308. The third-order valence-electron chi connectivity index (χ3n) is 2.70. The van der Waals surface area contributed by atoms with E-state index in [0.29, 0.717) is 17.7 Å². The van der Waals surface area contributed by atoms with Crippen molar-refractivity contribution < 1.29 is 9.53 Å². The minimum atomic E-state index is -0.468. The third kappa shape index (κ3) is 3.80. The number of alkyl carbamates (subject to hydrolysis) is 1. The molecule has 0 unspecified atom stereocenters. The molecule has 6 nitrogen and oxygen atoms in total. The predicted molar refractivity (Wildman–Crippen MR) is 76.9 cm³/mol. The number of hydrogen-bond donors (Lipinski definition) is 1. The first-order chi connectivity index (χ1) is 9.70. The lowest BCUT2D eigenvalue weighted by molar-refractivity contribution is 0.139. The number of aryl methyl sites for hydroxylation is 1. The molecular formula is C13H15BrN4O2. The lowest BCUT2D eigenvalue weighted by Gasteiger charge is -2.08. The molecule has 0 spiro atoms. The first-order valence-corrected chi connectivity index (χ1v) is 7.02. The average molecular weight is 339 g/mol. The average Bonchev–Trinajstić information content (AvgIpc) is 2.84. The van der Waals surface area contributed by atoms with Crippen LogP contribution in [0.4, 0.5) is 4.79 Å². The quantitative estimate of drug-likeness (QED) is 0.909. The maximum Gasteiger partial charge on any atom is 0.407 e. The summed E-state index contributed by atoms with van der Waals surface area (Å²) in [6.07, 6.45) is -0.468. The van der Waals surface area contributed by atoms with Gasteiger partial charge in [-0.1, -0.05) is 35.5 Å². The summed E-state index contributed by atoms with van der Waals surface area (Å²) < 4.78 is 7.46. The van der Waals surface area contributed by atoms with Gasteiger partial charge in [-0.25, -0.2) is 9.48 Å². The van der Waals surface area contributed by atoms with Gasteiger partial charge in [-0.2, -0.15) is 0 Å². The predicted octanol–water partition coefficient (Wildman–Crippen LogP) is 2.49. The molecule has 0 aliphatic rings. The SMILES string of the molecule is CCn1nnc(Br)c1CNC(=O)OCc1ccccc1. The van der Waals surface area contributed by atoms with Crippen LogP contribution in [0.15, 0.2) is 34.9 Å². The maximum absolute atomic E-state index is 11.6. The lowest BCUT2D eigenvalue weighted by Crippen LogP contribution is -2.25. The number of nitrogens with one attached hydrogen (secondary N) is 1. The van der Waals surface area contributed by atoms with Crippen LogP contribution in [0.3, 0.4) is 0 Å². The number of benzene rings is 1. The van der Waals surface area contributed by atoms with Crippen LogP contribution in [-0.4, -0.2) is 21.1 Å². The third-order valence-corrected chi connectivity index (χ3v) is 3.32. The number of nitrogens with zero attached hydrogens (tertiary/aromatic N) is 3. The molecule has 0 saturated carbocycles. The van der Waals surface area contributed by atoms with E-state index in [0.717, 1.165) is 11.3 Å². The van der Waals surface area contributed by atoms with Gasteiger partial charge in [0.15, 0.2) is 4.60 Å². The van der Waals surface area contributed by atoms with E-state index in [-0.39, 0.29) is 6.61 Å². The van der Waals surface area contributed by atoms with Gasteiger partial charge < -0.3 is 10.1 Å². The summed E-state index contributed by atoms with van der Waals surface area (Å²) in [6.45, 7) is 3.21. The maximum atomic E-state index is 11.6. The monoisotopic (exact) mass is 338 g/mol. The highest BCUT2D eigenvalue weighted by Crippen LogP contribution is 2.12. The molecule has 1 N–H and O–H groups in total. The second kappa shape index (κ2) is 7.04. The molecule has 0 atom stereocenters. The zero-order chi connectivity index (χ0) is 14.4. The number of rotatable bonds is 5. The Morgan fingerprint density at radius 3 is 2.85 bits per heavy atom. The molecule has 1 aromatic carbocycles. The van der Waals surface area contributed by atoms with Crippen LogP contribution in [0, 0.1) is 0 Å². The highest BCUT2D eigenvalue weighted by molar-refractivity contribution is 9.10. The van der Waals surface area contributed by atoms with E-state index in [1.807, 2.05) is 37.3 Å². The zero-order valence-electron chi connectivity index (χ0n) is 11.0. The molecule has 0 aliphatic heterocycles. The van der Waals surface area contributed by atoms with Gasteiger partial charge in [-0.05, 0) is 28.4 Å². The fourth-order valence-electron chi connectivity index (χ4n) is 1.66. The van der Waals surface area contributed by atoms with E-state index >= 15 is 0 Å². The number of hydrogen-bond acceptors (Lipinski definition) is 4. The van der Waals surface area contributed by atoms with Gasteiger partial charge in [0, 0.05) is 6.54 Å². The van der Waals surface area contributed by atoms with Crippen LogP contribution in [0.2, 0.25) is 0 Å². The van der Waals surface area contributed by atoms with Gasteiger partial charge in [-0.15, -0.1) is 5.10 Å². The van der Waals surface area contributed by atoms with Gasteiger partial charge >= 0.3 is 6.09 Å². The van der Waals surface area contributed by atoms with Gasteiger partial charge in [0.2, 0.25) is 0 Å². The molecule has 0 fully saturated rings. The molecule has 2 aromatic rings. The Balaban J connectivity index is 1.82. The van der Waals surface area contributed by atoms with Crippen LogP contribution in [0.5, 0.6) is 0 Å². The van der Waals surface area contributed by atoms with Crippen LogP contribution in [0.25, 0.3) is 0 Å². The molecule has 1 amide bonds. The van der Waals surface area contributed by atoms with E-state index in [4.69, 9.17) is 4.74 Å². The minimum Gasteiger partial charge on any atom is -0.445 e. The molecule has 0 aliphatic carbocycles. The molecule has 0 saturated heterocycles. The highest BCUT2D eigenvalue weighted by atomic mass is 79.9. The Bertz CT molecular complexity index is 571. The molecule has 1 heterocycles. The van der Waals surface area contributed by atoms with Crippen molar-refractivity contribution in [3.8, 4) is 0 Å². The topological polar surface area (TPSA) is 69.0 Å². The van der Waals surface area contributed by atoms with Crippen LogP contribution >= 0.6 is 15.9 Å². The van der Waals surface area contributed by atoms with Crippen molar-refractivity contribution in [2.75, 3.05) is 0 Å². The standard InChI is InChI=1S/C13H15BrN4O2/c1-2-18-11(12(14)16-17-18)8-15-13(19)20-9-10-6-4-3-5-7-10/h3-7H,2,8-9H2,1H3,(H,15,19). The van der Waals surface area contributed by atoms with Crippen molar-refractivity contribution in [3.05, 3.63) is 46.2 Å². The number of halogens is 1. The largest absolute Gasteiger partial charge is 0.445 e. The highest BCUT2D eigenvalue weighted by Gasteiger charge is 2.11. The summed E-state index contributed by atoms with van der Waals surface area (Å²) in [7, 11) is 0. The van der Waals surface area contributed by atoms with Gasteiger partial charge in [-0.3, -0.25) is 0 Å². The normalized spacial score (nSPS) is 10.3. The summed E-state index contributed by atoms with van der Waals surface area (Å²) >= 11 is 3.30.